The highest BCUT2D eigenvalue weighted by atomic mass is 16.5. The number of carbonyl (C=O) groups is 1. The molecule has 27 heavy (non-hydrogen) atoms. The molecular weight excluding hydrogens is 342 g/mol. The van der Waals surface area contributed by atoms with Crippen molar-refractivity contribution in [3.63, 3.8) is 0 Å². The molecule has 2 aromatic rings. The summed E-state index contributed by atoms with van der Waals surface area (Å²) in [7, 11) is 0. The maximum absolute atomic E-state index is 12.4. The first kappa shape index (κ1) is 19.3. The topological polar surface area (TPSA) is 73.2 Å². The van der Waals surface area contributed by atoms with Crippen LogP contribution in [-0.2, 0) is 4.74 Å². The van der Waals surface area contributed by atoms with Crippen LogP contribution in [0.4, 0.5) is 0 Å². The van der Waals surface area contributed by atoms with Gasteiger partial charge in [-0.15, -0.1) is 0 Å². The average Bonchev–Trinajstić information content (AvgIpc) is 2.67. The fourth-order valence-electron chi connectivity index (χ4n) is 3.52. The minimum absolute atomic E-state index is 0.101. The molecule has 1 fully saturated rings. The second-order valence-corrected chi connectivity index (χ2v) is 7.17. The Morgan fingerprint density at radius 1 is 1.26 bits per heavy atom. The number of benzene rings is 1. The highest BCUT2D eigenvalue weighted by Crippen LogP contribution is 2.25. The van der Waals surface area contributed by atoms with Gasteiger partial charge >= 0.3 is 0 Å². The number of amides is 1. The Kier molecular flexibility index (Phi) is 6.40. The first-order chi connectivity index (χ1) is 13.1. The van der Waals surface area contributed by atoms with E-state index in [1.807, 2.05) is 30.3 Å². The van der Waals surface area contributed by atoms with Crippen LogP contribution in [0.3, 0.4) is 0 Å². The molecular formula is C21H27N3O3. The van der Waals surface area contributed by atoms with Crippen molar-refractivity contribution in [1.29, 1.82) is 0 Å². The number of nitrogens with one attached hydrogen (secondary N) is 1. The number of aryl methyl sites for hydroxylation is 1. The monoisotopic (exact) mass is 369 g/mol. The molecule has 0 bridgehead atoms. The van der Waals surface area contributed by atoms with Gasteiger partial charge in [-0.2, -0.15) is 5.10 Å². The van der Waals surface area contributed by atoms with Gasteiger partial charge in [0.1, 0.15) is 0 Å². The number of para-hydroxylation sites is 1. The van der Waals surface area contributed by atoms with Crippen LogP contribution in [-0.4, -0.2) is 34.9 Å². The van der Waals surface area contributed by atoms with Crippen LogP contribution in [0.1, 0.15) is 48.8 Å². The van der Waals surface area contributed by atoms with Crippen LogP contribution in [0.5, 0.6) is 0 Å². The number of carbonyl (C=O) groups excluding carboxylic acids is 1. The van der Waals surface area contributed by atoms with E-state index in [1.54, 1.807) is 11.6 Å². The predicted molar refractivity (Wildman–Crippen MR) is 104 cm³/mol. The Bertz CT molecular complexity index is 832. The van der Waals surface area contributed by atoms with Crippen LogP contribution < -0.4 is 10.7 Å². The van der Waals surface area contributed by atoms with Gasteiger partial charge in [0.2, 0.25) is 5.43 Å². The molecule has 1 aliphatic rings. The molecule has 1 aliphatic carbocycles. The third-order valence-corrected chi connectivity index (χ3v) is 5.08. The van der Waals surface area contributed by atoms with Gasteiger partial charge in [-0.25, -0.2) is 4.68 Å². The van der Waals surface area contributed by atoms with Crippen molar-refractivity contribution in [3.8, 4) is 5.69 Å². The van der Waals surface area contributed by atoms with Crippen LogP contribution >= 0.6 is 0 Å². The van der Waals surface area contributed by atoms with Gasteiger partial charge in [0, 0.05) is 18.3 Å². The zero-order chi connectivity index (χ0) is 19.2. The minimum atomic E-state index is -0.468. The summed E-state index contributed by atoms with van der Waals surface area (Å²) >= 11 is 0. The van der Waals surface area contributed by atoms with E-state index in [4.69, 9.17) is 4.74 Å². The van der Waals surface area contributed by atoms with Gasteiger partial charge in [0.05, 0.1) is 18.4 Å². The van der Waals surface area contributed by atoms with E-state index in [0.29, 0.717) is 24.8 Å². The molecule has 1 aromatic carbocycles. The second kappa shape index (κ2) is 8.95. The number of aromatic nitrogens is 2. The van der Waals surface area contributed by atoms with E-state index in [-0.39, 0.29) is 17.2 Å². The molecule has 1 amide bonds. The number of ether oxygens (including phenoxy) is 1. The Balaban J connectivity index is 1.62. The smallest absolute Gasteiger partial charge is 0.275 e. The average molecular weight is 369 g/mol. The van der Waals surface area contributed by atoms with Crippen molar-refractivity contribution in [2.24, 2.45) is 5.92 Å². The van der Waals surface area contributed by atoms with E-state index in [2.05, 4.69) is 17.3 Å². The number of hydrogen-bond acceptors (Lipinski definition) is 4. The van der Waals surface area contributed by atoms with Crippen molar-refractivity contribution in [1.82, 2.24) is 15.1 Å². The maximum atomic E-state index is 12.4. The molecule has 144 valence electrons. The summed E-state index contributed by atoms with van der Waals surface area (Å²) in [5, 5.41) is 7.03. The third-order valence-electron chi connectivity index (χ3n) is 5.08. The van der Waals surface area contributed by atoms with Crippen LogP contribution in [0.15, 0.2) is 41.2 Å². The number of rotatable bonds is 6. The standard InChI is InChI=1S/C21H27N3O3/c1-15-8-6-7-11-19(15)27-13-12-22-21(26)20-18(25)14-16(2)24(23-20)17-9-4-3-5-10-17/h3-5,9-10,14-15,19H,6-8,11-13H2,1-2H3,(H,22,26)/t15-,19+/m0/s1. The largest absolute Gasteiger partial charge is 0.376 e. The highest BCUT2D eigenvalue weighted by molar-refractivity contribution is 5.92. The maximum Gasteiger partial charge on any atom is 0.275 e. The van der Waals surface area contributed by atoms with E-state index >= 15 is 0 Å². The Labute approximate surface area is 159 Å². The number of hydrogen-bond donors (Lipinski definition) is 1. The highest BCUT2D eigenvalue weighted by Gasteiger charge is 2.21. The summed E-state index contributed by atoms with van der Waals surface area (Å²) in [5.74, 6) is 0.0938. The first-order valence-corrected chi connectivity index (χ1v) is 9.62. The van der Waals surface area contributed by atoms with Gasteiger partial charge in [0.25, 0.3) is 5.91 Å². The molecule has 1 heterocycles. The van der Waals surface area contributed by atoms with Gasteiger partial charge in [0.15, 0.2) is 5.69 Å². The van der Waals surface area contributed by atoms with Crippen LogP contribution in [0, 0.1) is 12.8 Å². The van der Waals surface area contributed by atoms with Crippen molar-refractivity contribution in [2.75, 3.05) is 13.2 Å². The van der Waals surface area contributed by atoms with E-state index < -0.39 is 5.91 Å². The van der Waals surface area contributed by atoms with E-state index in [9.17, 15) is 9.59 Å². The van der Waals surface area contributed by atoms with E-state index in [1.165, 1.54) is 25.3 Å². The van der Waals surface area contributed by atoms with Crippen LogP contribution in [0.2, 0.25) is 0 Å². The second-order valence-electron chi connectivity index (χ2n) is 7.17. The molecule has 6 nitrogen and oxygen atoms in total. The fraction of sp³-hybridized carbons (Fsp3) is 0.476. The Morgan fingerprint density at radius 2 is 2.00 bits per heavy atom. The van der Waals surface area contributed by atoms with Crippen molar-refractivity contribution in [3.05, 3.63) is 58.0 Å². The summed E-state index contributed by atoms with van der Waals surface area (Å²) in [6.07, 6.45) is 5.02. The lowest BCUT2D eigenvalue weighted by Crippen LogP contribution is -2.35. The molecule has 0 saturated heterocycles. The van der Waals surface area contributed by atoms with Gasteiger partial charge < -0.3 is 10.1 Å². The fourth-order valence-corrected chi connectivity index (χ4v) is 3.52. The molecule has 6 heteroatoms. The Morgan fingerprint density at radius 3 is 2.74 bits per heavy atom. The SMILES string of the molecule is Cc1cc(=O)c(C(=O)NCCO[C@@H]2CCCC[C@@H]2C)nn1-c1ccccc1. The summed E-state index contributed by atoms with van der Waals surface area (Å²) < 4.78 is 7.51. The van der Waals surface area contributed by atoms with Crippen LogP contribution in [0.25, 0.3) is 5.69 Å². The molecule has 0 spiro atoms. The number of nitrogens with zero attached hydrogens (tertiary/aromatic N) is 2. The molecule has 1 aromatic heterocycles. The minimum Gasteiger partial charge on any atom is -0.376 e. The molecule has 1 saturated carbocycles. The van der Waals surface area contributed by atoms with Crippen molar-refractivity contribution < 1.29 is 9.53 Å². The summed E-state index contributed by atoms with van der Waals surface area (Å²) in [5.41, 5.74) is 1.01. The lowest BCUT2D eigenvalue weighted by Gasteiger charge is -2.28. The normalized spacial score (nSPS) is 19.6. The lowest BCUT2D eigenvalue weighted by molar-refractivity contribution is -0.00295. The molecule has 3 rings (SSSR count). The Hall–Kier alpha value is -2.47. The predicted octanol–water partition coefficient (Wildman–Crippen LogP) is 2.87. The zero-order valence-corrected chi connectivity index (χ0v) is 16.0. The van der Waals surface area contributed by atoms with Gasteiger partial charge in [-0.1, -0.05) is 38.0 Å². The molecule has 2 atom stereocenters. The van der Waals surface area contributed by atoms with Crippen molar-refractivity contribution in [2.45, 2.75) is 45.6 Å². The molecule has 0 unspecified atom stereocenters. The summed E-state index contributed by atoms with van der Waals surface area (Å²) in [6, 6.07) is 10.9. The third kappa shape index (κ3) is 4.83. The van der Waals surface area contributed by atoms with E-state index in [0.717, 1.165) is 12.1 Å². The van der Waals surface area contributed by atoms with Gasteiger partial charge in [-0.3, -0.25) is 9.59 Å². The zero-order valence-electron chi connectivity index (χ0n) is 16.0. The van der Waals surface area contributed by atoms with Gasteiger partial charge in [-0.05, 0) is 37.8 Å². The quantitative estimate of drug-likeness (QED) is 0.795. The van der Waals surface area contributed by atoms with Crippen molar-refractivity contribution >= 4 is 5.91 Å². The summed E-state index contributed by atoms with van der Waals surface area (Å²) in [6.45, 7) is 4.81. The molecule has 0 radical (unpaired) electrons. The first-order valence-electron chi connectivity index (χ1n) is 9.62. The molecule has 1 N–H and O–H groups in total. The lowest BCUT2D eigenvalue weighted by atomic mass is 9.88. The summed E-state index contributed by atoms with van der Waals surface area (Å²) in [4.78, 5) is 24.7. The molecule has 0 aliphatic heterocycles.